The first kappa shape index (κ1) is 28.6. The van der Waals surface area contributed by atoms with Crippen LogP contribution in [0.4, 0.5) is 0 Å². The van der Waals surface area contributed by atoms with E-state index in [0.29, 0.717) is 0 Å². The highest BCUT2D eigenvalue weighted by atomic mass is 14.9. The minimum Gasteiger partial charge on any atom is -0.282 e. The maximum atomic E-state index is 5.23. The SMILES string of the molecule is CC1(C)c2ccccc2-c2cc3c4ccccc4c4cc(-c5ccc(-c6ccc7c(n6)C6N=CC=CC6c6ccccc6-7)cn5)ccc4c3cc21. The molecular weight excluding hydrogens is 619 g/mol. The molecule has 0 N–H and O–H groups in total. The number of aliphatic imine (C=N–C) groups is 1. The standard InChI is InChI=1S/C48H33N3/c1-48(2)42-16-8-7-14-35(42)41-25-39-33-13-6-5-12-32(33)38-24-28(17-19-34(38)40(39)26-43(41)48)44-21-18-29(27-50-44)45-22-20-37-31-11-4-3-10-30(31)36-15-9-23-49-46(36)47(37)51-45/h3-27,36,46H,1-2H3. The molecule has 8 aromatic rings. The first-order valence-electron chi connectivity index (χ1n) is 17.8. The maximum Gasteiger partial charge on any atom is 0.103 e. The van der Waals surface area contributed by atoms with Crippen LogP contribution < -0.4 is 0 Å². The third-order valence-corrected chi connectivity index (χ3v) is 11.7. The van der Waals surface area contributed by atoms with Gasteiger partial charge < -0.3 is 0 Å². The summed E-state index contributed by atoms with van der Waals surface area (Å²) in [7, 11) is 0. The molecule has 0 amide bonds. The molecule has 0 radical (unpaired) electrons. The number of aromatic nitrogens is 2. The summed E-state index contributed by atoms with van der Waals surface area (Å²) in [6.45, 7) is 4.72. The zero-order valence-electron chi connectivity index (χ0n) is 28.4. The molecule has 11 rings (SSSR count). The molecule has 2 atom stereocenters. The average molecular weight is 652 g/mol. The van der Waals surface area contributed by atoms with Gasteiger partial charge in [0.15, 0.2) is 0 Å². The molecule has 0 bridgehead atoms. The summed E-state index contributed by atoms with van der Waals surface area (Å²) in [6.07, 6.45) is 8.19. The molecule has 2 aromatic heterocycles. The molecule has 2 unspecified atom stereocenters. The van der Waals surface area contributed by atoms with Gasteiger partial charge in [-0.15, -0.1) is 0 Å². The monoisotopic (exact) mass is 651 g/mol. The van der Waals surface area contributed by atoms with Crippen molar-refractivity contribution < 1.29 is 0 Å². The van der Waals surface area contributed by atoms with Crippen molar-refractivity contribution in [2.75, 3.05) is 0 Å². The van der Waals surface area contributed by atoms with Gasteiger partial charge in [0.1, 0.15) is 6.04 Å². The lowest BCUT2D eigenvalue weighted by atomic mass is 9.77. The van der Waals surface area contributed by atoms with Gasteiger partial charge in [0.05, 0.1) is 17.1 Å². The van der Waals surface area contributed by atoms with Crippen molar-refractivity contribution in [1.82, 2.24) is 9.97 Å². The number of nitrogens with zero attached hydrogens (tertiary/aromatic N) is 3. The van der Waals surface area contributed by atoms with E-state index in [-0.39, 0.29) is 17.4 Å². The first-order chi connectivity index (χ1) is 25.0. The van der Waals surface area contributed by atoms with Gasteiger partial charge in [0.2, 0.25) is 0 Å². The Labute approximate surface area is 296 Å². The highest BCUT2D eigenvalue weighted by molar-refractivity contribution is 6.26. The van der Waals surface area contributed by atoms with Crippen molar-refractivity contribution in [3.63, 3.8) is 0 Å². The first-order valence-corrected chi connectivity index (χ1v) is 17.8. The average Bonchev–Trinajstić information content (AvgIpc) is 3.42. The highest BCUT2D eigenvalue weighted by Crippen LogP contribution is 2.52. The number of benzene rings is 6. The minimum absolute atomic E-state index is 0.0157. The van der Waals surface area contributed by atoms with Crippen LogP contribution in [0.15, 0.2) is 151 Å². The summed E-state index contributed by atoms with van der Waals surface area (Å²) in [5.74, 6) is 0.201. The summed E-state index contributed by atoms with van der Waals surface area (Å²) in [5, 5.41) is 7.69. The smallest absolute Gasteiger partial charge is 0.103 e. The van der Waals surface area contributed by atoms with E-state index in [4.69, 9.17) is 15.0 Å². The van der Waals surface area contributed by atoms with Crippen LogP contribution in [0.5, 0.6) is 0 Å². The van der Waals surface area contributed by atoms with E-state index in [9.17, 15) is 0 Å². The predicted octanol–water partition coefficient (Wildman–Crippen LogP) is 12.0. The van der Waals surface area contributed by atoms with Crippen LogP contribution in [-0.2, 0) is 5.41 Å². The Hall–Kier alpha value is -6.19. The second-order valence-electron chi connectivity index (χ2n) is 14.7. The largest absolute Gasteiger partial charge is 0.282 e. The fourth-order valence-electron chi connectivity index (χ4n) is 9.17. The molecule has 3 aliphatic rings. The van der Waals surface area contributed by atoms with Crippen molar-refractivity contribution in [1.29, 1.82) is 0 Å². The Morgan fingerprint density at radius 3 is 2.08 bits per heavy atom. The molecule has 0 saturated heterocycles. The molecule has 1 aliphatic heterocycles. The number of dihydropyridines is 1. The Balaban J connectivity index is 1.01. The van der Waals surface area contributed by atoms with Crippen LogP contribution in [0.1, 0.15) is 48.2 Å². The molecule has 0 fully saturated rings. The lowest BCUT2D eigenvalue weighted by Gasteiger charge is -2.32. The fourth-order valence-corrected chi connectivity index (χ4v) is 9.17. The van der Waals surface area contributed by atoms with Gasteiger partial charge in [-0.2, -0.15) is 0 Å². The van der Waals surface area contributed by atoms with Crippen molar-refractivity contribution in [2.24, 2.45) is 4.99 Å². The lowest BCUT2D eigenvalue weighted by molar-refractivity contribution is 0.620. The van der Waals surface area contributed by atoms with Crippen molar-refractivity contribution in [3.8, 4) is 44.8 Å². The summed E-state index contributed by atoms with van der Waals surface area (Å²) in [4.78, 5) is 15.1. The van der Waals surface area contributed by atoms with Crippen LogP contribution in [0.2, 0.25) is 0 Å². The van der Waals surface area contributed by atoms with E-state index < -0.39 is 0 Å². The Morgan fingerprint density at radius 1 is 0.529 bits per heavy atom. The van der Waals surface area contributed by atoms with Crippen molar-refractivity contribution in [3.05, 3.63) is 168 Å². The molecule has 3 heteroatoms. The van der Waals surface area contributed by atoms with E-state index in [1.54, 1.807) is 0 Å². The molecule has 0 spiro atoms. The zero-order chi connectivity index (χ0) is 33.8. The van der Waals surface area contributed by atoms with Crippen LogP contribution in [0, 0.1) is 0 Å². The van der Waals surface area contributed by atoms with Crippen molar-refractivity contribution in [2.45, 2.75) is 31.2 Å². The predicted molar refractivity (Wildman–Crippen MR) is 212 cm³/mol. The Morgan fingerprint density at radius 2 is 1.24 bits per heavy atom. The van der Waals surface area contributed by atoms with Crippen molar-refractivity contribution >= 4 is 38.5 Å². The van der Waals surface area contributed by atoms with Gasteiger partial charge in [-0.3, -0.25) is 9.98 Å². The maximum absolute atomic E-state index is 5.23. The van der Waals surface area contributed by atoms with E-state index in [2.05, 4.69) is 153 Å². The second kappa shape index (κ2) is 10.4. The third-order valence-electron chi connectivity index (χ3n) is 11.7. The van der Waals surface area contributed by atoms with Crippen LogP contribution in [0.3, 0.4) is 0 Å². The van der Waals surface area contributed by atoms with Gasteiger partial charge in [0, 0.05) is 40.4 Å². The molecule has 3 nitrogen and oxygen atoms in total. The molecule has 51 heavy (non-hydrogen) atoms. The topological polar surface area (TPSA) is 38.1 Å². The zero-order valence-corrected chi connectivity index (χ0v) is 28.4. The summed E-state index contributed by atoms with van der Waals surface area (Å²) >= 11 is 0. The van der Waals surface area contributed by atoms with Crippen LogP contribution in [-0.4, -0.2) is 16.2 Å². The Kier molecular flexibility index (Phi) is 5.85. The molecule has 6 aromatic carbocycles. The van der Waals surface area contributed by atoms with E-state index in [1.165, 1.54) is 71.3 Å². The number of rotatable bonds is 2. The molecule has 240 valence electrons. The van der Waals surface area contributed by atoms with Gasteiger partial charge in [-0.1, -0.05) is 111 Å². The van der Waals surface area contributed by atoms with Gasteiger partial charge in [-0.25, -0.2) is 4.98 Å². The number of fused-ring (bicyclic) bond motifs is 15. The van der Waals surface area contributed by atoms with Crippen LogP contribution in [0.25, 0.3) is 77.1 Å². The van der Waals surface area contributed by atoms with E-state index in [1.807, 2.05) is 12.4 Å². The summed E-state index contributed by atoms with van der Waals surface area (Å²) in [6, 6.07) is 46.8. The van der Waals surface area contributed by atoms with E-state index in [0.717, 1.165) is 28.2 Å². The third kappa shape index (κ3) is 4.03. The molecular formula is C48H33N3. The summed E-state index contributed by atoms with van der Waals surface area (Å²) < 4.78 is 0. The lowest BCUT2D eigenvalue weighted by Crippen LogP contribution is -2.18. The minimum atomic E-state index is -0.0521. The fraction of sp³-hybridized carbons (Fsp3) is 0.104. The molecule has 2 aliphatic carbocycles. The van der Waals surface area contributed by atoms with Crippen LogP contribution >= 0.6 is 0 Å². The molecule has 0 saturated carbocycles. The number of hydrogen-bond acceptors (Lipinski definition) is 3. The van der Waals surface area contributed by atoms with Gasteiger partial charge in [-0.05, 0) is 108 Å². The van der Waals surface area contributed by atoms with E-state index >= 15 is 0 Å². The van der Waals surface area contributed by atoms with Gasteiger partial charge >= 0.3 is 0 Å². The Bertz CT molecular complexity index is 2840. The quantitative estimate of drug-likeness (QED) is 0.174. The number of hydrogen-bond donors (Lipinski definition) is 0. The summed E-state index contributed by atoms with van der Waals surface area (Å²) in [5.41, 5.74) is 14.2. The molecule has 3 heterocycles. The highest BCUT2D eigenvalue weighted by Gasteiger charge is 2.36. The normalized spacial score (nSPS) is 17.6. The number of allylic oxidation sites excluding steroid dienone is 1. The second-order valence-corrected chi connectivity index (χ2v) is 14.7. The van der Waals surface area contributed by atoms with Gasteiger partial charge in [0.25, 0.3) is 0 Å². The number of pyridine rings is 2.